The highest BCUT2D eigenvalue weighted by molar-refractivity contribution is 7.98. The Morgan fingerprint density at radius 1 is 1.36 bits per heavy atom. The zero-order valence-corrected chi connectivity index (χ0v) is 14.4. The van der Waals surface area contributed by atoms with E-state index >= 15 is 0 Å². The number of thiazole rings is 1. The van der Waals surface area contributed by atoms with E-state index in [9.17, 15) is 4.79 Å². The van der Waals surface area contributed by atoms with Crippen LogP contribution in [0, 0.1) is 20.8 Å². The fourth-order valence-electron chi connectivity index (χ4n) is 2.34. The van der Waals surface area contributed by atoms with Gasteiger partial charge in [-0.15, -0.1) is 11.3 Å². The molecule has 0 spiro atoms. The monoisotopic (exact) mass is 335 g/mol. The fourth-order valence-corrected chi connectivity index (χ4v) is 4.04. The standard InChI is InChI=1S/C15H17N3O2S2/c1-9-7-18-14(19)6-12(16-15(18)22-9)8-21-5-4-13-10(2)17-20-11(13)3/h6-7H,4-5,8H2,1-3H3. The van der Waals surface area contributed by atoms with Crippen molar-refractivity contribution in [2.24, 2.45) is 0 Å². The van der Waals surface area contributed by atoms with Crippen LogP contribution >= 0.6 is 23.1 Å². The van der Waals surface area contributed by atoms with E-state index in [1.54, 1.807) is 33.6 Å². The van der Waals surface area contributed by atoms with E-state index in [1.165, 1.54) is 5.56 Å². The van der Waals surface area contributed by atoms with E-state index in [4.69, 9.17) is 4.52 Å². The van der Waals surface area contributed by atoms with Gasteiger partial charge in [0.05, 0.1) is 11.4 Å². The smallest absolute Gasteiger partial charge is 0.258 e. The molecule has 5 nitrogen and oxygen atoms in total. The molecule has 0 aliphatic carbocycles. The molecule has 0 fully saturated rings. The van der Waals surface area contributed by atoms with Crippen molar-refractivity contribution < 1.29 is 4.52 Å². The average Bonchev–Trinajstić information content (AvgIpc) is 2.99. The van der Waals surface area contributed by atoms with Gasteiger partial charge in [0.25, 0.3) is 5.56 Å². The molecule has 3 rings (SSSR count). The summed E-state index contributed by atoms with van der Waals surface area (Å²) in [6.45, 7) is 5.89. The number of aromatic nitrogens is 3. The minimum atomic E-state index is -0.00401. The van der Waals surface area contributed by atoms with E-state index in [2.05, 4.69) is 10.1 Å². The Morgan fingerprint density at radius 2 is 2.18 bits per heavy atom. The molecule has 0 saturated heterocycles. The number of nitrogens with zero attached hydrogens (tertiary/aromatic N) is 3. The van der Waals surface area contributed by atoms with E-state index in [0.29, 0.717) is 0 Å². The lowest BCUT2D eigenvalue weighted by Gasteiger charge is -2.02. The molecule has 0 N–H and O–H groups in total. The van der Waals surface area contributed by atoms with Gasteiger partial charge in [-0.05, 0) is 32.9 Å². The van der Waals surface area contributed by atoms with Crippen LogP contribution in [0.2, 0.25) is 0 Å². The summed E-state index contributed by atoms with van der Waals surface area (Å²) in [6, 6.07) is 1.63. The predicted molar refractivity (Wildman–Crippen MR) is 89.9 cm³/mol. The molecule has 0 unspecified atom stereocenters. The van der Waals surface area contributed by atoms with Gasteiger partial charge in [-0.2, -0.15) is 11.8 Å². The van der Waals surface area contributed by atoms with Crippen LogP contribution in [0.25, 0.3) is 4.96 Å². The number of thioether (sulfide) groups is 1. The Bertz CT molecular complexity index is 844. The highest BCUT2D eigenvalue weighted by Gasteiger charge is 2.09. The Morgan fingerprint density at radius 3 is 2.91 bits per heavy atom. The van der Waals surface area contributed by atoms with E-state index < -0.39 is 0 Å². The van der Waals surface area contributed by atoms with Gasteiger partial charge >= 0.3 is 0 Å². The Labute approximate surface area is 136 Å². The van der Waals surface area contributed by atoms with Crippen LogP contribution in [0.1, 0.15) is 27.6 Å². The van der Waals surface area contributed by atoms with Gasteiger partial charge in [-0.3, -0.25) is 9.20 Å². The van der Waals surface area contributed by atoms with Gasteiger partial charge in [-0.1, -0.05) is 5.16 Å². The highest BCUT2D eigenvalue weighted by Crippen LogP contribution is 2.18. The van der Waals surface area contributed by atoms with Crippen molar-refractivity contribution in [3.8, 4) is 0 Å². The number of rotatable bonds is 5. The number of hydrogen-bond donors (Lipinski definition) is 0. The first-order valence-corrected chi connectivity index (χ1v) is 9.00. The molecule has 0 aromatic carbocycles. The maximum atomic E-state index is 12.0. The summed E-state index contributed by atoms with van der Waals surface area (Å²) in [5, 5.41) is 3.96. The normalized spacial score (nSPS) is 11.4. The molecule has 0 saturated carbocycles. The lowest BCUT2D eigenvalue weighted by Crippen LogP contribution is -2.12. The molecule has 0 atom stereocenters. The first kappa shape index (κ1) is 15.3. The van der Waals surface area contributed by atoms with Crippen LogP contribution in [0.3, 0.4) is 0 Å². The average molecular weight is 335 g/mol. The fraction of sp³-hybridized carbons (Fsp3) is 0.400. The molecule has 3 aromatic rings. The molecule has 0 radical (unpaired) electrons. The molecular weight excluding hydrogens is 318 g/mol. The second-order valence-electron chi connectivity index (χ2n) is 5.19. The summed E-state index contributed by atoms with van der Waals surface area (Å²) < 4.78 is 6.77. The third-order valence-electron chi connectivity index (χ3n) is 3.46. The van der Waals surface area contributed by atoms with Crippen molar-refractivity contribution in [1.29, 1.82) is 0 Å². The Kier molecular flexibility index (Phi) is 4.35. The quantitative estimate of drug-likeness (QED) is 0.670. The third kappa shape index (κ3) is 3.10. The van der Waals surface area contributed by atoms with E-state index in [0.717, 1.165) is 44.9 Å². The van der Waals surface area contributed by atoms with Crippen molar-refractivity contribution in [2.75, 3.05) is 5.75 Å². The molecule has 3 heterocycles. The van der Waals surface area contributed by atoms with Gasteiger partial charge in [0, 0.05) is 28.5 Å². The van der Waals surface area contributed by atoms with Crippen LogP contribution < -0.4 is 5.56 Å². The van der Waals surface area contributed by atoms with Gasteiger partial charge < -0.3 is 4.52 Å². The van der Waals surface area contributed by atoms with Crippen molar-refractivity contribution in [2.45, 2.75) is 32.9 Å². The first-order valence-electron chi connectivity index (χ1n) is 7.03. The minimum absolute atomic E-state index is 0.00401. The largest absolute Gasteiger partial charge is 0.361 e. The molecule has 22 heavy (non-hydrogen) atoms. The molecule has 0 aliphatic rings. The van der Waals surface area contributed by atoms with Crippen LogP contribution in [0.5, 0.6) is 0 Å². The zero-order valence-electron chi connectivity index (χ0n) is 12.8. The predicted octanol–water partition coefficient (Wildman–Crippen LogP) is 3.15. The van der Waals surface area contributed by atoms with Crippen LogP contribution in [0.4, 0.5) is 0 Å². The zero-order chi connectivity index (χ0) is 15.7. The number of hydrogen-bond acceptors (Lipinski definition) is 6. The SMILES string of the molecule is Cc1cn2c(=O)cc(CSCCc3c(C)noc3C)nc2s1. The van der Waals surface area contributed by atoms with Crippen molar-refractivity contribution >= 4 is 28.1 Å². The molecule has 0 aliphatic heterocycles. The maximum absolute atomic E-state index is 12.0. The summed E-state index contributed by atoms with van der Waals surface area (Å²) in [4.78, 5) is 18.4. The molecule has 7 heteroatoms. The van der Waals surface area contributed by atoms with Gasteiger partial charge in [0.2, 0.25) is 0 Å². The molecular formula is C15H17N3O2S2. The number of aryl methyl sites for hydroxylation is 3. The minimum Gasteiger partial charge on any atom is -0.361 e. The Hall–Kier alpha value is -1.60. The summed E-state index contributed by atoms with van der Waals surface area (Å²) in [7, 11) is 0. The second-order valence-corrected chi connectivity index (χ2v) is 7.50. The van der Waals surface area contributed by atoms with Crippen LogP contribution in [0.15, 0.2) is 21.6 Å². The van der Waals surface area contributed by atoms with Gasteiger partial charge in [-0.25, -0.2) is 4.98 Å². The molecule has 0 bridgehead atoms. The molecule has 0 amide bonds. The topological polar surface area (TPSA) is 60.4 Å². The number of fused-ring (bicyclic) bond motifs is 1. The van der Waals surface area contributed by atoms with Crippen molar-refractivity contribution in [1.82, 2.24) is 14.5 Å². The molecule has 3 aromatic heterocycles. The summed E-state index contributed by atoms with van der Waals surface area (Å²) >= 11 is 3.31. The van der Waals surface area contributed by atoms with Crippen molar-refractivity contribution in [3.05, 3.63) is 50.2 Å². The second kappa shape index (κ2) is 6.26. The molecule has 116 valence electrons. The van der Waals surface area contributed by atoms with E-state index in [1.807, 2.05) is 27.0 Å². The lowest BCUT2D eigenvalue weighted by atomic mass is 10.1. The van der Waals surface area contributed by atoms with Gasteiger partial charge in [0.1, 0.15) is 5.76 Å². The highest BCUT2D eigenvalue weighted by atomic mass is 32.2. The van der Waals surface area contributed by atoms with Crippen LogP contribution in [-0.2, 0) is 12.2 Å². The maximum Gasteiger partial charge on any atom is 0.258 e. The summed E-state index contributed by atoms with van der Waals surface area (Å²) in [6.07, 6.45) is 2.76. The van der Waals surface area contributed by atoms with Crippen LogP contribution in [-0.4, -0.2) is 20.3 Å². The third-order valence-corrected chi connectivity index (χ3v) is 5.35. The Balaban J connectivity index is 1.63. The van der Waals surface area contributed by atoms with E-state index in [-0.39, 0.29) is 5.56 Å². The first-order chi connectivity index (χ1) is 10.5. The summed E-state index contributed by atoms with van der Waals surface area (Å²) in [5.74, 6) is 2.59. The van der Waals surface area contributed by atoms with Gasteiger partial charge in [0.15, 0.2) is 4.96 Å². The summed E-state index contributed by atoms with van der Waals surface area (Å²) in [5.41, 5.74) is 2.99. The van der Waals surface area contributed by atoms with Crippen molar-refractivity contribution in [3.63, 3.8) is 0 Å². The lowest BCUT2D eigenvalue weighted by molar-refractivity contribution is 0.392.